The van der Waals surface area contributed by atoms with E-state index >= 15 is 0 Å². The normalized spacial score (nSPS) is 16.4. The van der Waals surface area contributed by atoms with E-state index < -0.39 is 0 Å². The van der Waals surface area contributed by atoms with Crippen molar-refractivity contribution in [1.82, 2.24) is 25.0 Å². The first-order valence-electron chi connectivity index (χ1n) is 9.99. The summed E-state index contributed by atoms with van der Waals surface area (Å²) in [4.78, 5) is 7.03. The van der Waals surface area contributed by atoms with Crippen LogP contribution in [-0.4, -0.2) is 45.8 Å². The van der Waals surface area contributed by atoms with Crippen LogP contribution in [0.15, 0.2) is 39.7 Å². The van der Waals surface area contributed by atoms with Gasteiger partial charge in [0.2, 0.25) is 0 Å². The van der Waals surface area contributed by atoms with Crippen molar-refractivity contribution in [1.29, 1.82) is 0 Å². The van der Waals surface area contributed by atoms with Gasteiger partial charge in [0.15, 0.2) is 5.96 Å². The lowest BCUT2D eigenvalue weighted by Crippen LogP contribution is -2.39. The van der Waals surface area contributed by atoms with Crippen LogP contribution < -0.4 is 5.32 Å². The third-order valence-electron chi connectivity index (χ3n) is 5.29. The third kappa shape index (κ3) is 4.91. The second-order valence-corrected chi connectivity index (χ2v) is 7.48. The molecular weight excluding hydrogens is 479 g/mol. The highest BCUT2D eigenvalue weighted by Crippen LogP contribution is 2.21. The minimum atomic E-state index is 0. The molecule has 0 fully saturated rings. The number of hydrogen-bond donors (Lipinski definition) is 1. The summed E-state index contributed by atoms with van der Waals surface area (Å²) >= 11 is 0. The SMILES string of the molecule is CCNC(=NCC1CCc2nnc(C)n2C1)N(C)Cc1cc2ccccc2o1.I. The Morgan fingerprint density at radius 1 is 1.34 bits per heavy atom. The molecule has 0 saturated carbocycles. The van der Waals surface area contributed by atoms with Crippen molar-refractivity contribution in [3.05, 3.63) is 47.7 Å². The molecule has 1 aromatic carbocycles. The van der Waals surface area contributed by atoms with Crippen LogP contribution in [0.5, 0.6) is 0 Å². The lowest BCUT2D eigenvalue weighted by molar-refractivity contribution is 0.364. The Bertz CT molecular complexity index is 946. The van der Waals surface area contributed by atoms with E-state index in [2.05, 4.69) is 51.1 Å². The van der Waals surface area contributed by atoms with E-state index in [1.807, 2.05) is 25.1 Å². The number of benzene rings is 1. The largest absolute Gasteiger partial charge is 0.459 e. The Morgan fingerprint density at radius 3 is 2.97 bits per heavy atom. The second-order valence-electron chi connectivity index (χ2n) is 7.48. The number of nitrogens with one attached hydrogen (secondary N) is 1. The molecule has 4 rings (SSSR count). The van der Waals surface area contributed by atoms with E-state index in [1.54, 1.807) is 0 Å². The van der Waals surface area contributed by atoms with E-state index in [4.69, 9.17) is 9.41 Å². The van der Waals surface area contributed by atoms with Crippen LogP contribution in [0.2, 0.25) is 0 Å². The van der Waals surface area contributed by atoms with Gasteiger partial charge < -0.3 is 19.2 Å². The molecular formula is C21H29IN6O. The first-order chi connectivity index (χ1) is 13.6. The van der Waals surface area contributed by atoms with Gasteiger partial charge in [0.1, 0.15) is 23.0 Å². The zero-order valence-corrected chi connectivity index (χ0v) is 19.6. The number of halogens is 1. The van der Waals surface area contributed by atoms with Crippen molar-refractivity contribution in [3.8, 4) is 0 Å². The summed E-state index contributed by atoms with van der Waals surface area (Å²) in [6, 6.07) is 10.2. The summed E-state index contributed by atoms with van der Waals surface area (Å²) in [5, 5.41) is 13.0. The number of aliphatic imine (C=N–C) groups is 1. The minimum Gasteiger partial charge on any atom is -0.459 e. The van der Waals surface area contributed by atoms with Gasteiger partial charge in [-0.1, -0.05) is 18.2 Å². The number of aryl methyl sites for hydroxylation is 2. The number of fused-ring (bicyclic) bond motifs is 2. The molecule has 0 amide bonds. The average molecular weight is 508 g/mol. The fraction of sp³-hybridized carbons (Fsp3) is 0.476. The van der Waals surface area contributed by atoms with Crippen molar-refractivity contribution < 1.29 is 4.42 Å². The van der Waals surface area contributed by atoms with E-state index in [1.165, 1.54) is 0 Å². The van der Waals surface area contributed by atoms with Crippen LogP contribution in [0.3, 0.4) is 0 Å². The van der Waals surface area contributed by atoms with E-state index in [9.17, 15) is 0 Å². The standard InChI is InChI=1S/C21H28N6O.HI/c1-4-22-21(23-12-16-9-10-20-25-24-15(2)27(20)13-16)26(3)14-18-11-17-7-5-6-8-19(17)28-18;/h5-8,11,16H,4,9-10,12-14H2,1-3H3,(H,22,23);1H. The number of aromatic nitrogens is 3. The molecule has 2 aromatic heterocycles. The summed E-state index contributed by atoms with van der Waals surface area (Å²) in [5.74, 6) is 4.46. The molecule has 3 heterocycles. The number of nitrogens with zero attached hydrogens (tertiary/aromatic N) is 5. The van der Waals surface area contributed by atoms with E-state index in [0.29, 0.717) is 12.5 Å². The molecule has 1 aliphatic rings. The summed E-state index contributed by atoms with van der Waals surface area (Å²) in [6.07, 6.45) is 2.08. The van der Waals surface area contributed by atoms with Gasteiger partial charge in [0.05, 0.1) is 6.54 Å². The van der Waals surface area contributed by atoms with Crippen LogP contribution in [0.1, 0.15) is 30.8 Å². The smallest absolute Gasteiger partial charge is 0.194 e. The molecule has 0 spiro atoms. The molecule has 0 bridgehead atoms. The molecule has 0 radical (unpaired) electrons. The van der Waals surface area contributed by atoms with Crippen LogP contribution in [0.4, 0.5) is 0 Å². The van der Waals surface area contributed by atoms with Gasteiger partial charge >= 0.3 is 0 Å². The Kier molecular flexibility index (Phi) is 7.15. The number of rotatable bonds is 5. The number of guanidine groups is 1. The van der Waals surface area contributed by atoms with Gasteiger partial charge in [-0.05, 0) is 38.3 Å². The fourth-order valence-electron chi connectivity index (χ4n) is 3.79. The van der Waals surface area contributed by atoms with Crippen molar-refractivity contribution in [3.63, 3.8) is 0 Å². The van der Waals surface area contributed by atoms with E-state index in [0.717, 1.165) is 66.8 Å². The molecule has 1 N–H and O–H groups in total. The molecule has 29 heavy (non-hydrogen) atoms. The van der Waals surface area contributed by atoms with Crippen molar-refractivity contribution in [2.75, 3.05) is 20.1 Å². The van der Waals surface area contributed by atoms with Gasteiger partial charge in [0, 0.05) is 38.5 Å². The fourth-order valence-corrected chi connectivity index (χ4v) is 3.79. The van der Waals surface area contributed by atoms with Crippen molar-refractivity contribution in [2.45, 2.75) is 39.8 Å². The molecule has 1 aliphatic heterocycles. The zero-order chi connectivity index (χ0) is 19.5. The first-order valence-corrected chi connectivity index (χ1v) is 9.99. The predicted molar refractivity (Wildman–Crippen MR) is 126 cm³/mol. The van der Waals surface area contributed by atoms with Crippen molar-refractivity contribution >= 4 is 40.9 Å². The summed E-state index contributed by atoms with van der Waals surface area (Å²) in [6.45, 7) is 7.38. The van der Waals surface area contributed by atoms with Crippen molar-refractivity contribution in [2.24, 2.45) is 10.9 Å². The molecule has 8 heteroatoms. The Labute approximate surface area is 188 Å². The second kappa shape index (κ2) is 9.60. The molecule has 0 saturated heterocycles. The predicted octanol–water partition coefficient (Wildman–Crippen LogP) is 3.61. The topological polar surface area (TPSA) is 71.5 Å². The van der Waals surface area contributed by atoms with Crippen LogP contribution in [0.25, 0.3) is 11.0 Å². The number of furan rings is 1. The highest BCUT2D eigenvalue weighted by atomic mass is 127. The zero-order valence-electron chi connectivity index (χ0n) is 17.3. The van der Waals surface area contributed by atoms with Gasteiger partial charge in [-0.15, -0.1) is 34.2 Å². The number of para-hydroxylation sites is 1. The molecule has 156 valence electrons. The molecule has 3 aromatic rings. The maximum Gasteiger partial charge on any atom is 0.194 e. The van der Waals surface area contributed by atoms with E-state index in [-0.39, 0.29) is 24.0 Å². The summed E-state index contributed by atoms with van der Waals surface area (Å²) < 4.78 is 8.19. The van der Waals surface area contributed by atoms with Gasteiger partial charge in [-0.25, -0.2) is 0 Å². The van der Waals surface area contributed by atoms with Crippen LogP contribution >= 0.6 is 24.0 Å². The highest BCUT2D eigenvalue weighted by Gasteiger charge is 2.21. The average Bonchev–Trinajstić information content (AvgIpc) is 3.27. The Hall–Kier alpha value is -2.10. The molecule has 0 aliphatic carbocycles. The third-order valence-corrected chi connectivity index (χ3v) is 5.29. The first kappa shape index (κ1) is 21.6. The minimum absolute atomic E-state index is 0. The quantitative estimate of drug-likeness (QED) is 0.324. The number of hydrogen-bond acceptors (Lipinski definition) is 4. The van der Waals surface area contributed by atoms with Crippen LogP contribution in [0, 0.1) is 12.8 Å². The van der Waals surface area contributed by atoms with Gasteiger partial charge in [-0.2, -0.15) is 0 Å². The molecule has 7 nitrogen and oxygen atoms in total. The summed E-state index contributed by atoms with van der Waals surface area (Å²) in [7, 11) is 2.05. The maximum atomic E-state index is 5.96. The Balaban J connectivity index is 0.00000240. The van der Waals surface area contributed by atoms with Gasteiger partial charge in [-0.3, -0.25) is 4.99 Å². The monoisotopic (exact) mass is 508 g/mol. The maximum absolute atomic E-state index is 5.96. The molecule has 1 atom stereocenters. The lowest BCUT2D eigenvalue weighted by atomic mass is 9.99. The Morgan fingerprint density at radius 2 is 2.17 bits per heavy atom. The molecule has 1 unspecified atom stereocenters. The van der Waals surface area contributed by atoms with Gasteiger partial charge in [0.25, 0.3) is 0 Å². The lowest BCUT2D eigenvalue weighted by Gasteiger charge is -2.25. The highest BCUT2D eigenvalue weighted by molar-refractivity contribution is 14.0. The van der Waals surface area contributed by atoms with Crippen LogP contribution in [-0.2, 0) is 19.5 Å². The summed E-state index contributed by atoms with van der Waals surface area (Å²) in [5.41, 5.74) is 0.926.